The first kappa shape index (κ1) is 22.5. The van der Waals surface area contributed by atoms with E-state index in [1.54, 1.807) is 6.20 Å². The van der Waals surface area contributed by atoms with Gasteiger partial charge in [-0.2, -0.15) is 5.21 Å². The Kier molecular flexibility index (Phi) is 5.14. The summed E-state index contributed by atoms with van der Waals surface area (Å²) >= 11 is 5.89. The van der Waals surface area contributed by atoms with Crippen molar-refractivity contribution < 1.29 is 9.18 Å². The maximum atomic E-state index is 14.4. The summed E-state index contributed by atoms with van der Waals surface area (Å²) in [4.78, 5) is 21.6. The number of nitrogens with zero attached hydrogens (tertiary/aromatic N) is 10. The van der Waals surface area contributed by atoms with Crippen LogP contribution in [0.15, 0.2) is 43.2 Å². The Morgan fingerprint density at radius 2 is 2.11 bits per heavy atom. The van der Waals surface area contributed by atoms with Gasteiger partial charge in [0.05, 0.1) is 47.6 Å². The Hall–Kier alpha value is -4.72. The van der Waals surface area contributed by atoms with E-state index < -0.39 is 11.7 Å². The molecule has 1 aliphatic rings. The number of carbonyl (C=O) groups is 1. The zero-order valence-corrected chi connectivity index (χ0v) is 20.3. The highest BCUT2D eigenvalue weighted by molar-refractivity contribution is 6.31. The smallest absolute Gasteiger partial charge is 0.273 e. The second-order valence-electron chi connectivity index (χ2n) is 9.07. The second kappa shape index (κ2) is 8.69. The van der Waals surface area contributed by atoms with Gasteiger partial charge in [-0.3, -0.25) is 4.79 Å². The summed E-state index contributed by atoms with van der Waals surface area (Å²) in [5.74, 6) is -0.0627. The third kappa shape index (κ3) is 3.94. The second-order valence-corrected chi connectivity index (χ2v) is 9.48. The quantitative estimate of drug-likeness (QED) is 0.318. The van der Waals surface area contributed by atoms with Crippen LogP contribution in [-0.4, -0.2) is 60.3 Å². The van der Waals surface area contributed by atoms with Gasteiger partial charge in [0.25, 0.3) is 5.91 Å². The summed E-state index contributed by atoms with van der Waals surface area (Å²) in [7, 11) is 0. The lowest BCUT2D eigenvalue weighted by molar-refractivity contribution is 0.0945. The lowest BCUT2D eigenvalue weighted by Crippen LogP contribution is -2.23. The minimum absolute atomic E-state index is 0.00587. The zero-order valence-electron chi connectivity index (χ0n) is 19.6. The molecule has 15 heteroatoms. The minimum Gasteiger partial charge on any atom is -0.345 e. The highest BCUT2D eigenvalue weighted by atomic mass is 35.5. The van der Waals surface area contributed by atoms with Crippen molar-refractivity contribution in [3.05, 3.63) is 76.7 Å². The molecule has 6 aromatic heterocycles. The monoisotopic (exact) mass is 532 g/mol. The summed E-state index contributed by atoms with van der Waals surface area (Å²) in [5, 5.41) is 25.2. The van der Waals surface area contributed by atoms with E-state index in [-0.39, 0.29) is 22.8 Å². The van der Waals surface area contributed by atoms with E-state index in [4.69, 9.17) is 16.6 Å². The first-order valence-corrected chi connectivity index (χ1v) is 12.1. The largest absolute Gasteiger partial charge is 0.345 e. The molecule has 2 N–H and O–H groups in total. The average Bonchev–Trinajstić information content (AvgIpc) is 3.33. The summed E-state index contributed by atoms with van der Waals surface area (Å²) in [6, 6.07) is 3.50. The van der Waals surface area contributed by atoms with Gasteiger partial charge < -0.3 is 14.1 Å². The molecule has 6 heterocycles. The number of hydrogen-bond acceptors (Lipinski definition) is 8. The lowest BCUT2D eigenvalue weighted by atomic mass is 10.1. The fourth-order valence-electron chi connectivity index (χ4n) is 4.44. The molecule has 0 unspecified atom stereocenters. The van der Waals surface area contributed by atoms with Crippen LogP contribution in [-0.2, 0) is 13.1 Å². The first-order valence-electron chi connectivity index (χ1n) is 11.8. The molecule has 7 rings (SSSR count). The molecule has 38 heavy (non-hydrogen) atoms. The van der Waals surface area contributed by atoms with Gasteiger partial charge in [-0.1, -0.05) is 16.8 Å². The summed E-state index contributed by atoms with van der Waals surface area (Å²) in [5.41, 5.74) is 4.07. The molecule has 1 aliphatic carbocycles. The van der Waals surface area contributed by atoms with E-state index >= 15 is 0 Å². The van der Waals surface area contributed by atoms with Crippen LogP contribution >= 0.6 is 11.6 Å². The molecule has 190 valence electrons. The highest BCUT2D eigenvalue weighted by Crippen LogP contribution is 2.41. The molecule has 6 aromatic rings. The fourth-order valence-corrected chi connectivity index (χ4v) is 4.59. The van der Waals surface area contributed by atoms with E-state index in [1.807, 2.05) is 10.6 Å². The number of rotatable bonds is 7. The molecule has 13 nitrogen and oxygen atoms in total. The van der Waals surface area contributed by atoms with Crippen molar-refractivity contribution in [1.82, 2.24) is 59.7 Å². The van der Waals surface area contributed by atoms with Gasteiger partial charge in [0.1, 0.15) is 11.2 Å². The Bertz CT molecular complexity index is 1820. The van der Waals surface area contributed by atoms with Crippen LogP contribution in [0.25, 0.3) is 22.6 Å². The highest BCUT2D eigenvalue weighted by Gasteiger charge is 2.26. The van der Waals surface area contributed by atoms with Gasteiger partial charge >= 0.3 is 0 Å². The van der Waals surface area contributed by atoms with Gasteiger partial charge in [0.2, 0.25) is 5.82 Å². The molecular formula is C23H18ClFN12O. The Labute approximate surface area is 217 Å². The molecule has 0 aliphatic heterocycles. The molecule has 0 aromatic carbocycles. The van der Waals surface area contributed by atoms with E-state index in [0.717, 1.165) is 24.1 Å². The number of pyridine rings is 2. The molecule has 0 bridgehead atoms. The van der Waals surface area contributed by atoms with Crippen LogP contribution < -0.4 is 5.32 Å². The summed E-state index contributed by atoms with van der Waals surface area (Å²) in [6.45, 7) is 0.288. The number of fused-ring (bicyclic) bond motifs is 2. The summed E-state index contributed by atoms with van der Waals surface area (Å²) < 4.78 is 19.4. The van der Waals surface area contributed by atoms with Gasteiger partial charge in [-0.15, -0.1) is 15.3 Å². The van der Waals surface area contributed by atoms with Crippen LogP contribution in [0.3, 0.4) is 0 Å². The number of hydrogen-bond donors (Lipinski definition) is 2. The number of tetrazole rings is 1. The molecular weight excluding hydrogens is 515 g/mol. The zero-order chi connectivity index (χ0) is 25.8. The topological polar surface area (TPSA) is 149 Å². The number of carbonyl (C=O) groups excluding carboxylic acids is 1. The Morgan fingerprint density at radius 3 is 2.92 bits per heavy atom. The van der Waals surface area contributed by atoms with E-state index in [9.17, 15) is 9.18 Å². The molecule has 0 spiro atoms. The third-order valence-corrected chi connectivity index (χ3v) is 6.73. The molecule has 1 amide bonds. The number of halogens is 2. The van der Waals surface area contributed by atoms with Crippen LogP contribution in [0, 0.1) is 5.82 Å². The van der Waals surface area contributed by atoms with Crippen molar-refractivity contribution in [3.8, 4) is 11.4 Å². The molecule has 0 radical (unpaired) electrons. The molecule has 0 atom stereocenters. The van der Waals surface area contributed by atoms with Crippen molar-refractivity contribution in [1.29, 1.82) is 0 Å². The predicted molar refractivity (Wildman–Crippen MR) is 131 cm³/mol. The number of aromatic amines is 1. The number of H-pyrrole nitrogens is 1. The molecule has 0 saturated heterocycles. The predicted octanol–water partition coefficient (Wildman–Crippen LogP) is 2.40. The number of amides is 1. The summed E-state index contributed by atoms with van der Waals surface area (Å²) in [6.07, 6.45) is 10.9. The maximum Gasteiger partial charge on any atom is 0.273 e. The number of aromatic nitrogens is 11. The fraction of sp³-hybridized carbons (Fsp3) is 0.217. The van der Waals surface area contributed by atoms with Gasteiger partial charge in [-0.05, 0) is 41.7 Å². The molecule has 1 saturated carbocycles. The number of imidazole rings is 2. The van der Waals surface area contributed by atoms with Crippen molar-refractivity contribution in [3.63, 3.8) is 0 Å². The van der Waals surface area contributed by atoms with Crippen LogP contribution in [0.1, 0.15) is 46.2 Å². The average molecular weight is 533 g/mol. The van der Waals surface area contributed by atoms with Crippen molar-refractivity contribution in [2.75, 3.05) is 0 Å². The van der Waals surface area contributed by atoms with E-state index in [1.165, 1.54) is 33.2 Å². The van der Waals surface area contributed by atoms with Crippen LogP contribution in [0.2, 0.25) is 5.02 Å². The van der Waals surface area contributed by atoms with Crippen LogP contribution in [0.5, 0.6) is 0 Å². The standard InChI is InChI=1S/C23H18ClFN12O/c24-16-3-4-35-11-27-17(20(35)19(16)25)6-26-23(38)18-10-37(34-29-18)9-14-8-36-7-13(12-1-2-12)5-15(22(36)28-14)21-30-32-33-31-21/h3-5,7-8,10-12H,1-2,6,9H2,(H,26,38)(H,30,31,32,33). The van der Waals surface area contributed by atoms with Crippen molar-refractivity contribution in [2.24, 2.45) is 0 Å². The Morgan fingerprint density at radius 1 is 1.21 bits per heavy atom. The van der Waals surface area contributed by atoms with Crippen molar-refractivity contribution >= 4 is 28.7 Å². The van der Waals surface area contributed by atoms with Crippen LogP contribution in [0.4, 0.5) is 4.39 Å². The van der Waals surface area contributed by atoms with Crippen molar-refractivity contribution in [2.45, 2.75) is 31.8 Å². The Balaban J connectivity index is 1.09. The normalized spacial score (nSPS) is 13.5. The molecule has 1 fully saturated rings. The van der Waals surface area contributed by atoms with Gasteiger partial charge in [-0.25, -0.2) is 19.0 Å². The van der Waals surface area contributed by atoms with E-state index in [2.05, 4.69) is 53.5 Å². The lowest BCUT2D eigenvalue weighted by Gasteiger charge is -2.04. The SMILES string of the molecule is O=C(NCc1ncn2ccc(Cl)c(F)c12)c1cn(Cc2cn3cc(C4CC4)cc(-c4nn[nH]n4)c3n2)nn1. The van der Waals surface area contributed by atoms with Gasteiger partial charge in [0, 0.05) is 18.6 Å². The first-order chi connectivity index (χ1) is 18.5. The number of nitrogens with one attached hydrogen (secondary N) is 2. The maximum absolute atomic E-state index is 14.4. The minimum atomic E-state index is -0.596. The van der Waals surface area contributed by atoms with E-state index in [0.29, 0.717) is 29.6 Å². The third-order valence-electron chi connectivity index (χ3n) is 6.44. The van der Waals surface area contributed by atoms with Gasteiger partial charge in [0.15, 0.2) is 11.5 Å².